The Balaban J connectivity index is 4.91. The van der Waals surface area contributed by atoms with E-state index in [0.29, 0.717) is 0 Å². The minimum absolute atomic E-state index is 0.00518. The predicted octanol–water partition coefficient (Wildman–Crippen LogP) is 3.55. The highest BCUT2D eigenvalue weighted by atomic mass is 31.2. The summed E-state index contributed by atoms with van der Waals surface area (Å²) < 4.78 is 174. The van der Waals surface area contributed by atoms with Crippen molar-refractivity contribution in [2.75, 3.05) is 61.0 Å². The van der Waals surface area contributed by atoms with Gasteiger partial charge in [0.1, 0.15) is 30.5 Å². The number of ether oxygens (including phenoxy) is 10. The van der Waals surface area contributed by atoms with E-state index in [2.05, 4.69) is 6.58 Å². The Labute approximate surface area is 432 Å². The van der Waals surface area contributed by atoms with Gasteiger partial charge in [0.25, 0.3) is 0 Å². The van der Waals surface area contributed by atoms with E-state index in [1.165, 1.54) is 6.92 Å². The summed E-state index contributed by atoms with van der Waals surface area (Å²) in [5.41, 5.74) is 0. The molecule has 0 N–H and O–H groups in total. The summed E-state index contributed by atoms with van der Waals surface area (Å²) in [7, 11) is -23.0. The molecule has 1 fully saturated rings. The van der Waals surface area contributed by atoms with Crippen LogP contribution in [0.25, 0.3) is 0 Å². The van der Waals surface area contributed by atoms with Crippen LogP contribution < -0.4 is 0 Å². The number of carbonyl (C=O) groups excluding carboxylic acids is 9. The molecule has 0 spiro atoms. The Morgan fingerprint density at radius 3 is 0.776 bits per heavy atom. The number of rotatable bonds is 38. The smallest absolute Gasteiger partial charge is 0.457 e. The topological polar surface area (TPSA) is 425 Å². The SMILES string of the molecule is C=CCO[C@@H]1[C@H](OC(=O)CCC)[C@@H](OP(=O)(OCOC(C)=O)OCOC(C)=O)[C@H](OP(=O)(OCOC(C)=O)OCOC(C)=O)[C@@H](OP(=O)(OCOC(C)=O)OCOC(C)=O)[C@@H]1OP(=O)(OCOC(C)=O)OCOC(C)=O. The normalized spacial score (nSPS) is 18.8. The zero-order valence-corrected chi connectivity index (χ0v) is 45.7. The molecule has 0 aromatic rings. The first-order valence-corrected chi connectivity index (χ1v) is 27.1. The van der Waals surface area contributed by atoms with Crippen molar-refractivity contribution < 1.29 is 163 Å². The summed E-state index contributed by atoms with van der Waals surface area (Å²) in [6, 6.07) is 0. The van der Waals surface area contributed by atoms with Crippen molar-refractivity contribution in [2.45, 2.75) is 112 Å². The lowest BCUT2D eigenvalue weighted by Crippen LogP contribution is -2.67. The van der Waals surface area contributed by atoms with Gasteiger partial charge in [-0.25, -0.2) is 54.5 Å². The Morgan fingerprint density at radius 2 is 0.579 bits per heavy atom. The molecule has 1 aliphatic rings. The van der Waals surface area contributed by atoms with E-state index in [0.717, 1.165) is 61.5 Å². The molecule has 0 aliphatic heterocycles. The van der Waals surface area contributed by atoms with E-state index in [9.17, 15) is 61.4 Å². The summed E-state index contributed by atoms with van der Waals surface area (Å²) in [6.07, 6.45) is -15.6. The molecule has 0 aromatic carbocycles. The maximum Gasteiger partial charge on any atom is 0.481 e. The molecule has 1 rings (SSSR count). The van der Waals surface area contributed by atoms with E-state index in [4.69, 9.17) is 102 Å². The summed E-state index contributed by atoms with van der Waals surface area (Å²) in [4.78, 5) is 108. The van der Waals surface area contributed by atoms with Crippen molar-refractivity contribution in [3.8, 4) is 0 Å². The van der Waals surface area contributed by atoms with Crippen molar-refractivity contribution in [3.05, 3.63) is 12.7 Å². The third kappa shape index (κ3) is 28.7. The van der Waals surface area contributed by atoms with Gasteiger partial charge in [0.15, 0.2) is 6.10 Å². The molecule has 0 saturated heterocycles. The van der Waals surface area contributed by atoms with Crippen molar-refractivity contribution in [3.63, 3.8) is 0 Å². The molecule has 35 nitrogen and oxygen atoms in total. The van der Waals surface area contributed by atoms with Crippen LogP contribution in [0.5, 0.6) is 0 Å². The van der Waals surface area contributed by atoms with Gasteiger partial charge in [0.2, 0.25) is 54.3 Å². The number of phosphoric ester groups is 4. The minimum Gasteiger partial charge on any atom is -0.457 e. The lowest BCUT2D eigenvalue weighted by Gasteiger charge is -2.49. The fraction of sp³-hybridized carbons (Fsp3) is 0.703. The molecule has 76 heavy (non-hydrogen) atoms. The standard InChI is InChI=1S/C37H58O35P4/c1-11-13-31(46)68-33-32(51-14-12-2)34(69-73(47,60-15-52-23(3)38)61-16-53-24(4)39)36(71-75(49,64-19-56-27(7)42)65-20-57-28(8)43)37(72-76(50,66-21-58-29(9)44)67-22-59-30(10)45)35(33)70-74(48,62-17-54-25(5)40)63-18-55-26(6)41/h12,32-37H,2,11,13-22H2,1,3-10H3/t32-,33+,34-,35-,36+,37+/m1/s1. The van der Waals surface area contributed by atoms with E-state index >= 15 is 0 Å². The van der Waals surface area contributed by atoms with Crippen LogP contribution in [0.4, 0.5) is 0 Å². The third-order valence-corrected chi connectivity index (χ3v) is 13.2. The van der Waals surface area contributed by atoms with Crippen molar-refractivity contribution in [2.24, 2.45) is 0 Å². The maximum absolute atomic E-state index is 14.9. The molecule has 1 aliphatic carbocycles. The molecular weight excluding hydrogens is 1130 g/mol. The molecule has 0 radical (unpaired) electrons. The van der Waals surface area contributed by atoms with Crippen LogP contribution in [-0.2, 0) is 163 Å². The number of hydrogen-bond donors (Lipinski definition) is 0. The van der Waals surface area contributed by atoms with Gasteiger partial charge in [0, 0.05) is 61.8 Å². The number of phosphoric acid groups is 4. The second-order valence-corrected chi connectivity index (χ2v) is 20.4. The van der Waals surface area contributed by atoms with Crippen LogP contribution in [0.3, 0.4) is 0 Å². The Kier molecular flexibility index (Phi) is 31.9. The Bertz CT molecular complexity index is 2070. The van der Waals surface area contributed by atoms with Crippen LogP contribution in [-0.4, -0.2) is 151 Å². The summed E-state index contributed by atoms with van der Waals surface area (Å²) >= 11 is 0. The van der Waals surface area contributed by atoms with Crippen LogP contribution in [0, 0.1) is 0 Å². The highest BCUT2D eigenvalue weighted by Gasteiger charge is 2.63. The van der Waals surface area contributed by atoms with E-state index in [1.54, 1.807) is 0 Å². The zero-order chi connectivity index (χ0) is 57.7. The molecule has 1 saturated carbocycles. The second kappa shape index (κ2) is 35.0. The van der Waals surface area contributed by atoms with Crippen LogP contribution in [0.2, 0.25) is 0 Å². The fourth-order valence-electron chi connectivity index (χ4n) is 4.90. The predicted molar refractivity (Wildman–Crippen MR) is 236 cm³/mol. The Hall–Kier alpha value is -4.63. The molecule has 436 valence electrons. The zero-order valence-electron chi connectivity index (χ0n) is 42.1. The molecule has 0 heterocycles. The first kappa shape index (κ1) is 69.4. The van der Waals surface area contributed by atoms with E-state index < -0.39 is 189 Å². The molecular formula is C37H58O35P4. The van der Waals surface area contributed by atoms with Crippen molar-refractivity contribution in [1.29, 1.82) is 0 Å². The van der Waals surface area contributed by atoms with Crippen LogP contribution in [0.15, 0.2) is 12.7 Å². The lowest BCUT2D eigenvalue weighted by atomic mass is 9.84. The van der Waals surface area contributed by atoms with E-state index in [1.807, 2.05) is 0 Å². The quantitative estimate of drug-likeness (QED) is 0.0280. The van der Waals surface area contributed by atoms with Gasteiger partial charge in [-0.15, -0.1) is 6.58 Å². The third-order valence-electron chi connectivity index (χ3n) is 7.86. The summed E-state index contributed by atoms with van der Waals surface area (Å²) in [5.74, 6) is -9.92. The summed E-state index contributed by atoms with van der Waals surface area (Å²) in [5, 5.41) is 0. The van der Waals surface area contributed by atoms with Gasteiger partial charge in [-0.1, -0.05) is 13.0 Å². The van der Waals surface area contributed by atoms with E-state index in [-0.39, 0.29) is 6.42 Å². The maximum atomic E-state index is 14.9. The molecule has 0 bridgehead atoms. The van der Waals surface area contributed by atoms with Gasteiger partial charge >= 0.3 is 85.0 Å². The summed E-state index contributed by atoms with van der Waals surface area (Å²) in [6.45, 7) is 0.308. The molecule has 0 unspecified atom stereocenters. The first-order chi connectivity index (χ1) is 35.5. The molecule has 0 aromatic heterocycles. The average molecular weight is 1190 g/mol. The largest absolute Gasteiger partial charge is 0.481 e. The van der Waals surface area contributed by atoms with Gasteiger partial charge in [0.05, 0.1) is 6.61 Å². The van der Waals surface area contributed by atoms with Gasteiger partial charge < -0.3 is 47.4 Å². The highest BCUT2D eigenvalue weighted by Crippen LogP contribution is 2.62. The number of esters is 9. The number of carbonyl (C=O) groups is 9. The fourth-order valence-corrected chi connectivity index (χ4v) is 9.29. The molecule has 39 heteroatoms. The monoisotopic (exact) mass is 1190 g/mol. The Morgan fingerprint density at radius 1 is 0.368 bits per heavy atom. The molecule has 0 amide bonds. The first-order valence-electron chi connectivity index (χ1n) is 21.3. The molecule has 6 atom stereocenters. The van der Waals surface area contributed by atoms with Gasteiger partial charge in [-0.05, 0) is 6.42 Å². The highest BCUT2D eigenvalue weighted by molar-refractivity contribution is 7.49. The van der Waals surface area contributed by atoms with Crippen LogP contribution >= 0.6 is 31.3 Å². The van der Waals surface area contributed by atoms with Crippen molar-refractivity contribution in [1.82, 2.24) is 0 Å². The van der Waals surface area contributed by atoms with Crippen LogP contribution in [0.1, 0.15) is 75.2 Å². The number of hydrogen-bond acceptors (Lipinski definition) is 35. The average Bonchev–Trinajstić information content (AvgIpc) is 3.27. The second-order valence-electron chi connectivity index (χ2n) is 13.9. The van der Waals surface area contributed by atoms with Gasteiger partial charge in [-0.3, -0.25) is 61.2 Å². The minimum atomic E-state index is -5.83. The van der Waals surface area contributed by atoms with Crippen molar-refractivity contribution >= 4 is 85.0 Å². The van der Waals surface area contributed by atoms with Gasteiger partial charge in [-0.2, -0.15) is 0 Å². The lowest BCUT2D eigenvalue weighted by molar-refractivity contribution is -0.237.